The molecule has 4 aromatic rings. The van der Waals surface area contributed by atoms with Gasteiger partial charge in [0.25, 0.3) is 0 Å². The van der Waals surface area contributed by atoms with Gasteiger partial charge in [0.15, 0.2) is 17.3 Å². The van der Waals surface area contributed by atoms with Crippen molar-refractivity contribution in [3.8, 4) is 0 Å². The highest BCUT2D eigenvalue weighted by Crippen LogP contribution is 2.40. The summed E-state index contributed by atoms with van der Waals surface area (Å²) in [5, 5.41) is 15.9. The highest BCUT2D eigenvalue weighted by molar-refractivity contribution is 6.00. The molecule has 0 bridgehead atoms. The van der Waals surface area contributed by atoms with Crippen molar-refractivity contribution < 1.29 is 4.39 Å². The minimum atomic E-state index is -0.278. The number of nitrogens with zero attached hydrogens (tertiary/aromatic N) is 5. The maximum atomic E-state index is 14.4. The fraction of sp³-hybridized carbons (Fsp3) is 0.348. The first-order valence-corrected chi connectivity index (χ1v) is 10.7. The summed E-state index contributed by atoms with van der Waals surface area (Å²) >= 11 is 0. The minimum absolute atomic E-state index is 0.218. The molecule has 2 aliphatic rings. The lowest BCUT2D eigenvalue weighted by Gasteiger charge is -2.31. The lowest BCUT2D eigenvalue weighted by atomic mass is 9.98. The van der Waals surface area contributed by atoms with Gasteiger partial charge in [-0.15, -0.1) is 15.3 Å². The summed E-state index contributed by atoms with van der Waals surface area (Å²) in [6.07, 6.45) is 2.89. The molecule has 7 heteroatoms. The number of hydrogen-bond acceptors (Lipinski definition) is 5. The third-order valence-electron chi connectivity index (χ3n) is 5.87. The molecular weight excluding hydrogens is 379 g/mol. The highest BCUT2D eigenvalue weighted by atomic mass is 19.1. The van der Waals surface area contributed by atoms with Crippen LogP contribution in [0.1, 0.15) is 49.6 Å². The number of nitrogen functional groups attached to an aromatic ring is 1. The third kappa shape index (κ3) is 2.88. The zero-order chi connectivity index (χ0) is 20.8. The maximum Gasteiger partial charge on any atom is 0.185 e. The van der Waals surface area contributed by atoms with Crippen LogP contribution in [0, 0.1) is 5.82 Å². The van der Waals surface area contributed by atoms with Crippen molar-refractivity contribution >= 4 is 27.9 Å². The smallest absolute Gasteiger partial charge is 0.185 e. The quantitative estimate of drug-likeness (QED) is 0.499. The van der Waals surface area contributed by atoms with E-state index in [1.165, 1.54) is 0 Å². The van der Waals surface area contributed by atoms with Crippen molar-refractivity contribution in [3.05, 3.63) is 59.2 Å². The molecule has 0 unspecified atom stereocenters. The Morgan fingerprint density at radius 1 is 1.03 bits per heavy atom. The van der Waals surface area contributed by atoms with Gasteiger partial charge in [0, 0.05) is 29.8 Å². The average Bonchev–Trinajstić information content (AvgIpc) is 3.55. The molecule has 0 radical (unpaired) electrons. The Morgan fingerprint density at radius 3 is 2.57 bits per heavy atom. The normalized spacial score (nSPS) is 15.8. The van der Waals surface area contributed by atoms with Crippen LogP contribution in [0.4, 0.5) is 15.9 Å². The molecule has 0 atom stereocenters. The van der Waals surface area contributed by atoms with Gasteiger partial charge in [-0.3, -0.25) is 0 Å². The van der Waals surface area contributed by atoms with Crippen LogP contribution in [0.25, 0.3) is 16.4 Å². The molecule has 2 aromatic heterocycles. The SMILES string of the molecule is CC.Nc1ccc2c(c1F)CCN(c1nn3c(C4CC4)nnc3c3ccccc13)C2. The third-order valence-corrected chi connectivity index (χ3v) is 5.87. The Kier molecular flexibility index (Phi) is 4.53. The van der Waals surface area contributed by atoms with Gasteiger partial charge < -0.3 is 10.6 Å². The highest BCUT2D eigenvalue weighted by Gasteiger charge is 2.31. The fourth-order valence-electron chi connectivity index (χ4n) is 4.22. The molecule has 6 rings (SSSR count). The summed E-state index contributed by atoms with van der Waals surface area (Å²) in [4.78, 5) is 2.22. The summed E-state index contributed by atoms with van der Waals surface area (Å²) in [5.74, 6) is 2.02. The number of benzene rings is 2. The summed E-state index contributed by atoms with van der Waals surface area (Å²) in [5.41, 5.74) is 8.46. The van der Waals surface area contributed by atoms with Crippen molar-refractivity contribution in [2.45, 2.75) is 45.6 Å². The van der Waals surface area contributed by atoms with Crippen molar-refractivity contribution in [2.75, 3.05) is 17.2 Å². The summed E-state index contributed by atoms with van der Waals surface area (Å²) < 4.78 is 16.3. The summed E-state index contributed by atoms with van der Waals surface area (Å²) in [7, 11) is 0. The van der Waals surface area contributed by atoms with Gasteiger partial charge in [0.05, 0.1) is 5.69 Å². The van der Waals surface area contributed by atoms with Gasteiger partial charge in [0.1, 0.15) is 5.82 Å². The van der Waals surface area contributed by atoms with Crippen LogP contribution in [0.15, 0.2) is 36.4 Å². The molecule has 0 amide bonds. The molecule has 30 heavy (non-hydrogen) atoms. The molecule has 3 heterocycles. The van der Waals surface area contributed by atoms with Crippen LogP contribution in [0.5, 0.6) is 0 Å². The number of fused-ring (bicyclic) bond motifs is 4. The van der Waals surface area contributed by atoms with Crippen LogP contribution in [0.2, 0.25) is 0 Å². The van der Waals surface area contributed by atoms with Gasteiger partial charge in [-0.2, -0.15) is 4.52 Å². The lowest BCUT2D eigenvalue weighted by Crippen LogP contribution is -2.32. The monoisotopic (exact) mass is 404 g/mol. The fourth-order valence-corrected chi connectivity index (χ4v) is 4.22. The molecule has 6 nitrogen and oxygen atoms in total. The van der Waals surface area contributed by atoms with Crippen molar-refractivity contribution in [1.29, 1.82) is 0 Å². The van der Waals surface area contributed by atoms with Gasteiger partial charge in [0.2, 0.25) is 0 Å². The van der Waals surface area contributed by atoms with E-state index < -0.39 is 0 Å². The molecule has 1 aliphatic heterocycles. The molecule has 0 spiro atoms. The van der Waals surface area contributed by atoms with Crippen molar-refractivity contribution in [1.82, 2.24) is 19.8 Å². The van der Waals surface area contributed by atoms with Gasteiger partial charge >= 0.3 is 0 Å². The second kappa shape index (κ2) is 7.23. The average molecular weight is 404 g/mol. The maximum absolute atomic E-state index is 14.4. The zero-order valence-corrected chi connectivity index (χ0v) is 17.3. The van der Waals surface area contributed by atoms with Crippen molar-refractivity contribution in [2.24, 2.45) is 0 Å². The lowest BCUT2D eigenvalue weighted by molar-refractivity contribution is 0.592. The Balaban J connectivity index is 0.000000937. The molecule has 1 fully saturated rings. The number of anilines is 2. The van der Waals surface area contributed by atoms with E-state index in [1.807, 2.05) is 36.6 Å². The number of nitrogens with two attached hydrogens (primary N) is 1. The van der Waals surface area contributed by atoms with E-state index in [9.17, 15) is 4.39 Å². The number of halogens is 1. The topological polar surface area (TPSA) is 72.3 Å². The molecule has 1 aliphatic carbocycles. The van der Waals surface area contributed by atoms with E-state index in [0.29, 0.717) is 25.4 Å². The number of hydrogen-bond donors (Lipinski definition) is 1. The van der Waals surface area contributed by atoms with Crippen LogP contribution in [0.3, 0.4) is 0 Å². The van der Waals surface area contributed by atoms with Crippen LogP contribution < -0.4 is 10.6 Å². The Morgan fingerprint density at radius 2 is 1.80 bits per heavy atom. The Bertz CT molecular complexity index is 1240. The van der Waals surface area contributed by atoms with E-state index in [0.717, 1.165) is 52.0 Å². The van der Waals surface area contributed by atoms with Crippen LogP contribution >= 0.6 is 0 Å². The van der Waals surface area contributed by atoms with E-state index in [1.54, 1.807) is 6.07 Å². The summed E-state index contributed by atoms with van der Waals surface area (Å²) in [6, 6.07) is 11.7. The second-order valence-corrected chi connectivity index (χ2v) is 7.72. The predicted molar refractivity (Wildman–Crippen MR) is 117 cm³/mol. The van der Waals surface area contributed by atoms with Gasteiger partial charge in [-0.05, 0) is 36.5 Å². The van der Waals surface area contributed by atoms with E-state index in [4.69, 9.17) is 10.8 Å². The van der Waals surface area contributed by atoms with Crippen LogP contribution in [-0.4, -0.2) is 26.4 Å². The van der Waals surface area contributed by atoms with Crippen LogP contribution in [-0.2, 0) is 13.0 Å². The standard InChI is InChI=1S/C21H19FN6.C2H6/c22-18-14-9-10-27(11-13(14)7-8-17(18)23)21-16-4-2-1-3-15(16)20-25-24-19(12-5-6-12)28(20)26-21;1-2/h1-4,7-8,12H,5-6,9-11,23H2;1-2H3. The number of aromatic nitrogens is 4. The Hall–Kier alpha value is -3.22. The molecule has 1 saturated carbocycles. The second-order valence-electron chi connectivity index (χ2n) is 7.72. The first-order valence-electron chi connectivity index (χ1n) is 10.7. The largest absolute Gasteiger partial charge is 0.396 e. The molecule has 2 aromatic carbocycles. The first-order chi connectivity index (χ1) is 14.7. The molecule has 2 N–H and O–H groups in total. The van der Waals surface area contributed by atoms with E-state index >= 15 is 0 Å². The van der Waals surface area contributed by atoms with Gasteiger partial charge in [-0.25, -0.2) is 4.39 Å². The molecule has 0 saturated heterocycles. The predicted octanol–water partition coefficient (Wildman–Crippen LogP) is 4.47. The Labute approximate surface area is 174 Å². The molecule has 154 valence electrons. The van der Waals surface area contributed by atoms with E-state index in [2.05, 4.69) is 27.2 Å². The number of rotatable bonds is 2. The van der Waals surface area contributed by atoms with Gasteiger partial charge in [-0.1, -0.05) is 44.2 Å². The summed E-state index contributed by atoms with van der Waals surface area (Å²) in [6.45, 7) is 5.30. The molecular formula is C23H25FN6. The minimum Gasteiger partial charge on any atom is -0.396 e. The first kappa shape index (κ1) is 18.8. The zero-order valence-electron chi connectivity index (χ0n) is 17.3. The van der Waals surface area contributed by atoms with Crippen molar-refractivity contribution in [3.63, 3.8) is 0 Å². The van der Waals surface area contributed by atoms with E-state index in [-0.39, 0.29) is 11.5 Å².